The first kappa shape index (κ1) is 20.4. The van der Waals surface area contributed by atoms with Gasteiger partial charge >= 0.3 is 12.0 Å². The highest BCUT2D eigenvalue weighted by atomic mass is 16.5. The van der Waals surface area contributed by atoms with Gasteiger partial charge in [-0.25, -0.2) is 9.59 Å². The average Bonchev–Trinajstić information content (AvgIpc) is 2.65. The van der Waals surface area contributed by atoms with Gasteiger partial charge in [-0.1, -0.05) is 6.92 Å². The van der Waals surface area contributed by atoms with Crippen LogP contribution >= 0.6 is 0 Å². The van der Waals surface area contributed by atoms with Gasteiger partial charge in [-0.05, 0) is 38.0 Å². The molecule has 8 nitrogen and oxygen atoms in total. The number of ether oxygens (including phenoxy) is 4. The van der Waals surface area contributed by atoms with Crippen LogP contribution in [0.25, 0.3) is 0 Å². The molecule has 1 aliphatic heterocycles. The number of hydrogen-bond acceptors (Lipinski definition) is 6. The van der Waals surface area contributed by atoms with Gasteiger partial charge in [-0.3, -0.25) is 0 Å². The maximum atomic E-state index is 12.6. The lowest BCUT2D eigenvalue weighted by Crippen LogP contribution is -2.45. The molecule has 148 valence electrons. The Kier molecular flexibility index (Phi) is 6.92. The molecule has 2 N–H and O–H groups in total. The molecule has 8 heteroatoms. The van der Waals surface area contributed by atoms with E-state index in [-0.39, 0.29) is 0 Å². The number of methoxy groups -OCH3 is 2. The Labute approximate surface area is 158 Å². The number of urea groups is 1. The Bertz CT molecular complexity index is 719. The Balaban J connectivity index is 2.53. The van der Waals surface area contributed by atoms with Crippen LogP contribution in [0.4, 0.5) is 4.79 Å². The first-order valence-electron chi connectivity index (χ1n) is 8.80. The number of amides is 2. The minimum atomic E-state index is -0.707. The minimum Gasteiger partial charge on any atom is -0.493 e. The molecule has 1 heterocycles. The fourth-order valence-corrected chi connectivity index (χ4v) is 2.84. The van der Waals surface area contributed by atoms with Gasteiger partial charge in [0.1, 0.15) is 0 Å². The maximum absolute atomic E-state index is 12.6. The Morgan fingerprint density at radius 3 is 2.30 bits per heavy atom. The number of hydrogen-bond donors (Lipinski definition) is 2. The molecule has 1 aliphatic rings. The Morgan fingerprint density at radius 2 is 1.78 bits per heavy atom. The van der Waals surface area contributed by atoms with Gasteiger partial charge < -0.3 is 29.6 Å². The summed E-state index contributed by atoms with van der Waals surface area (Å²) in [6.07, 6.45) is 0.702. The summed E-state index contributed by atoms with van der Waals surface area (Å²) in [5.74, 6) is 0.858. The third kappa shape index (κ3) is 4.45. The zero-order valence-electron chi connectivity index (χ0n) is 16.3. The molecule has 27 heavy (non-hydrogen) atoms. The molecule has 0 saturated heterocycles. The van der Waals surface area contributed by atoms with Gasteiger partial charge in [-0.15, -0.1) is 0 Å². The van der Waals surface area contributed by atoms with Gasteiger partial charge in [0.2, 0.25) is 5.75 Å². The summed E-state index contributed by atoms with van der Waals surface area (Å²) in [5.41, 5.74) is 1.39. The van der Waals surface area contributed by atoms with E-state index < -0.39 is 18.0 Å². The Morgan fingerprint density at radius 1 is 1.15 bits per heavy atom. The lowest BCUT2D eigenvalue weighted by Gasteiger charge is -2.29. The highest BCUT2D eigenvalue weighted by molar-refractivity contribution is 5.95. The summed E-state index contributed by atoms with van der Waals surface area (Å²) in [4.78, 5) is 24.6. The second-order valence-corrected chi connectivity index (χ2v) is 5.89. The van der Waals surface area contributed by atoms with Crippen LogP contribution in [0.15, 0.2) is 23.4 Å². The van der Waals surface area contributed by atoms with Crippen molar-refractivity contribution in [3.05, 3.63) is 29.0 Å². The molecule has 1 atom stereocenters. The predicted octanol–water partition coefficient (Wildman–Crippen LogP) is 2.68. The summed E-state index contributed by atoms with van der Waals surface area (Å²) < 4.78 is 21.7. The average molecular weight is 378 g/mol. The molecule has 0 bridgehead atoms. The third-order valence-electron chi connectivity index (χ3n) is 4.03. The van der Waals surface area contributed by atoms with E-state index in [0.717, 1.165) is 0 Å². The van der Waals surface area contributed by atoms with E-state index >= 15 is 0 Å². The lowest BCUT2D eigenvalue weighted by molar-refractivity contribution is -0.139. The van der Waals surface area contributed by atoms with E-state index in [0.29, 0.717) is 53.7 Å². The first-order chi connectivity index (χ1) is 13.0. The molecule has 1 unspecified atom stereocenters. The van der Waals surface area contributed by atoms with Crippen LogP contribution in [0.1, 0.15) is 38.8 Å². The van der Waals surface area contributed by atoms with E-state index in [9.17, 15) is 9.59 Å². The van der Waals surface area contributed by atoms with E-state index in [4.69, 9.17) is 18.9 Å². The van der Waals surface area contributed by atoms with Crippen LogP contribution in [-0.2, 0) is 9.53 Å². The third-order valence-corrected chi connectivity index (χ3v) is 4.03. The van der Waals surface area contributed by atoms with Crippen molar-refractivity contribution in [3.63, 3.8) is 0 Å². The zero-order valence-corrected chi connectivity index (χ0v) is 16.3. The SMILES string of the molecule is CCCOC(=O)C1=C(C)NC(=O)NC1c1cc(OC)c(OCC)c(OC)c1. The number of carbonyl (C=O) groups excluding carboxylic acids is 2. The number of rotatable bonds is 8. The number of nitrogens with one attached hydrogen (secondary N) is 2. The molecule has 0 radical (unpaired) electrons. The highest BCUT2D eigenvalue weighted by Crippen LogP contribution is 2.41. The lowest BCUT2D eigenvalue weighted by atomic mass is 9.95. The van der Waals surface area contributed by atoms with Gasteiger partial charge in [0.05, 0.1) is 39.0 Å². The summed E-state index contributed by atoms with van der Waals surface area (Å²) in [6.45, 7) is 6.16. The molecule has 2 amide bonds. The quantitative estimate of drug-likeness (QED) is 0.676. The molecule has 0 aliphatic carbocycles. The first-order valence-corrected chi connectivity index (χ1v) is 8.80. The molecule has 0 spiro atoms. The van der Waals surface area contributed by atoms with Gasteiger partial charge in [0.25, 0.3) is 0 Å². The predicted molar refractivity (Wildman–Crippen MR) is 99.1 cm³/mol. The summed E-state index contributed by atoms with van der Waals surface area (Å²) in [6, 6.07) is 2.31. The smallest absolute Gasteiger partial charge is 0.338 e. The van der Waals surface area contributed by atoms with Gasteiger partial charge in [0, 0.05) is 5.70 Å². The molecular weight excluding hydrogens is 352 g/mol. The molecule has 2 rings (SSSR count). The molecular formula is C19H26N2O6. The van der Waals surface area contributed by atoms with Crippen molar-refractivity contribution in [2.75, 3.05) is 27.4 Å². The zero-order chi connectivity index (χ0) is 20.0. The number of allylic oxidation sites excluding steroid dienone is 1. The molecule has 0 fully saturated rings. The molecule has 1 aromatic carbocycles. The van der Waals surface area contributed by atoms with Crippen LogP contribution in [0.2, 0.25) is 0 Å². The number of benzene rings is 1. The van der Waals surface area contributed by atoms with E-state index in [2.05, 4.69) is 10.6 Å². The normalized spacial score (nSPS) is 16.3. The Hall–Kier alpha value is -2.90. The highest BCUT2D eigenvalue weighted by Gasteiger charge is 2.33. The van der Waals surface area contributed by atoms with Crippen LogP contribution < -0.4 is 24.8 Å². The van der Waals surface area contributed by atoms with Crippen molar-refractivity contribution in [3.8, 4) is 17.2 Å². The topological polar surface area (TPSA) is 95.1 Å². The van der Waals surface area contributed by atoms with Crippen LogP contribution in [0, 0.1) is 0 Å². The van der Waals surface area contributed by atoms with E-state index in [1.165, 1.54) is 14.2 Å². The van der Waals surface area contributed by atoms with Crippen molar-refractivity contribution in [2.45, 2.75) is 33.2 Å². The van der Waals surface area contributed by atoms with Crippen molar-refractivity contribution < 1.29 is 28.5 Å². The second-order valence-electron chi connectivity index (χ2n) is 5.89. The van der Waals surface area contributed by atoms with Gasteiger partial charge in [0.15, 0.2) is 11.5 Å². The molecule has 1 aromatic rings. The van der Waals surface area contributed by atoms with Crippen molar-refractivity contribution in [1.29, 1.82) is 0 Å². The standard InChI is InChI=1S/C19H26N2O6/c1-6-8-27-18(22)15-11(3)20-19(23)21-16(15)12-9-13(24-4)17(26-7-2)14(10-12)25-5/h9-10,16H,6-8H2,1-5H3,(H2,20,21,23). The van der Waals surface area contributed by atoms with E-state index in [1.807, 2.05) is 13.8 Å². The number of carbonyl (C=O) groups is 2. The van der Waals surface area contributed by atoms with Crippen LogP contribution in [-0.4, -0.2) is 39.4 Å². The summed E-state index contributed by atoms with van der Waals surface area (Å²) in [5, 5.41) is 5.38. The van der Waals surface area contributed by atoms with Gasteiger partial charge in [-0.2, -0.15) is 0 Å². The van der Waals surface area contributed by atoms with Crippen molar-refractivity contribution in [2.24, 2.45) is 0 Å². The van der Waals surface area contributed by atoms with Crippen LogP contribution in [0.3, 0.4) is 0 Å². The fraction of sp³-hybridized carbons (Fsp3) is 0.474. The summed E-state index contributed by atoms with van der Waals surface area (Å²) >= 11 is 0. The molecule has 0 aromatic heterocycles. The van der Waals surface area contributed by atoms with Crippen molar-refractivity contribution in [1.82, 2.24) is 10.6 Å². The minimum absolute atomic E-state index is 0.298. The monoisotopic (exact) mass is 378 g/mol. The van der Waals surface area contributed by atoms with E-state index in [1.54, 1.807) is 19.1 Å². The second kappa shape index (κ2) is 9.16. The largest absolute Gasteiger partial charge is 0.493 e. The molecule has 0 saturated carbocycles. The summed E-state index contributed by atoms with van der Waals surface area (Å²) in [7, 11) is 3.03. The fourth-order valence-electron chi connectivity index (χ4n) is 2.84. The number of esters is 1. The van der Waals surface area contributed by atoms with Crippen LogP contribution in [0.5, 0.6) is 17.2 Å². The maximum Gasteiger partial charge on any atom is 0.338 e. The van der Waals surface area contributed by atoms with Crippen molar-refractivity contribution >= 4 is 12.0 Å².